The molecular weight excluding hydrogens is 444 g/mol. The Morgan fingerprint density at radius 3 is 2.66 bits per heavy atom. The smallest absolute Gasteiger partial charge is 0.291 e. The van der Waals surface area contributed by atoms with Crippen LogP contribution in [0, 0.1) is 13.8 Å². The Morgan fingerprint density at radius 2 is 1.91 bits per heavy atom. The zero-order valence-corrected chi connectivity index (χ0v) is 19.8. The van der Waals surface area contributed by atoms with Crippen molar-refractivity contribution in [3.8, 4) is 0 Å². The number of nitrogens with zero attached hydrogens (tertiary/aromatic N) is 2. The normalized spacial score (nSPS) is 23.0. The van der Waals surface area contributed by atoms with Gasteiger partial charge in [-0.05, 0) is 56.0 Å². The maximum atomic E-state index is 14.3. The van der Waals surface area contributed by atoms with E-state index in [9.17, 15) is 14.4 Å². The molecule has 178 valence electrons. The number of para-hydroxylation sites is 1. The Kier molecular flexibility index (Phi) is 4.76. The predicted molar refractivity (Wildman–Crippen MR) is 132 cm³/mol. The van der Waals surface area contributed by atoms with Crippen molar-refractivity contribution in [2.75, 3.05) is 24.6 Å². The zero-order chi connectivity index (χ0) is 24.5. The summed E-state index contributed by atoms with van der Waals surface area (Å²) in [6.07, 6.45) is 3.10. The molecule has 3 aliphatic heterocycles. The molecule has 2 aromatic carbocycles. The highest BCUT2D eigenvalue weighted by Crippen LogP contribution is 2.52. The SMILES string of the molecule is C=CCN1C(=O)[C@@]2(c3ccccc31)c1c(oc3cc(C)c(C)cc3c1=O)C(=O)N2C[C@H]1CCCO1. The van der Waals surface area contributed by atoms with Crippen LogP contribution >= 0.6 is 0 Å². The molecule has 2 amide bonds. The van der Waals surface area contributed by atoms with Crippen molar-refractivity contribution in [1.82, 2.24) is 4.90 Å². The van der Waals surface area contributed by atoms with Crippen molar-refractivity contribution in [3.05, 3.63) is 87.3 Å². The van der Waals surface area contributed by atoms with Crippen LogP contribution in [0.2, 0.25) is 0 Å². The first-order chi connectivity index (χ1) is 16.9. The highest BCUT2D eigenvalue weighted by molar-refractivity contribution is 6.17. The molecule has 7 heteroatoms. The molecule has 0 bridgehead atoms. The summed E-state index contributed by atoms with van der Waals surface area (Å²) >= 11 is 0. The van der Waals surface area contributed by atoms with Crippen molar-refractivity contribution < 1.29 is 18.7 Å². The van der Waals surface area contributed by atoms with Crippen LogP contribution in [0.25, 0.3) is 11.0 Å². The van der Waals surface area contributed by atoms with Gasteiger partial charge in [-0.2, -0.15) is 0 Å². The summed E-state index contributed by atoms with van der Waals surface area (Å²) in [7, 11) is 0. The maximum absolute atomic E-state index is 14.3. The minimum absolute atomic E-state index is 0.0626. The first-order valence-electron chi connectivity index (χ1n) is 11.9. The van der Waals surface area contributed by atoms with Crippen molar-refractivity contribution in [2.24, 2.45) is 0 Å². The number of carbonyl (C=O) groups excluding carboxylic acids is 2. The second-order valence-electron chi connectivity index (χ2n) is 9.55. The molecule has 6 rings (SSSR count). The summed E-state index contributed by atoms with van der Waals surface area (Å²) in [5, 5.41) is 0.366. The van der Waals surface area contributed by atoms with Crippen LogP contribution in [0.4, 0.5) is 5.69 Å². The standard InChI is InChI=1S/C28H26N2O5/c1-4-11-29-21-10-6-5-9-20(21)28(27(29)33)23-24(31)19-13-16(2)17(3)14-22(19)35-25(23)26(32)30(28)15-18-8-7-12-34-18/h4-6,9-10,13-14,18H,1,7-8,11-12,15H2,2-3H3/t18-,28-/m1/s1. The highest BCUT2D eigenvalue weighted by Gasteiger charge is 2.65. The Balaban J connectivity index is 1.70. The van der Waals surface area contributed by atoms with Crippen LogP contribution < -0.4 is 10.3 Å². The van der Waals surface area contributed by atoms with Gasteiger partial charge in [-0.1, -0.05) is 24.3 Å². The van der Waals surface area contributed by atoms with Crippen LogP contribution in [-0.4, -0.2) is 42.5 Å². The van der Waals surface area contributed by atoms with Crippen molar-refractivity contribution in [2.45, 2.75) is 38.3 Å². The van der Waals surface area contributed by atoms with E-state index in [1.165, 1.54) is 4.90 Å². The second kappa shape index (κ2) is 7.65. The molecule has 1 aromatic heterocycles. The van der Waals surface area contributed by atoms with E-state index in [1.807, 2.05) is 38.1 Å². The van der Waals surface area contributed by atoms with Gasteiger partial charge in [0.25, 0.3) is 11.8 Å². The van der Waals surface area contributed by atoms with Gasteiger partial charge in [-0.3, -0.25) is 14.4 Å². The summed E-state index contributed by atoms with van der Waals surface area (Å²) in [5.41, 5.74) is 1.65. The van der Waals surface area contributed by atoms with Crippen LogP contribution in [0.3, 0.4) is 0 Å². The molecule has 3 aliphatic rings. The van der Waals surface area contributed by atoms with Gasteiger partial charge in [0.15, 0.2) is 11.0 Å². The molecule has 7 nitrogen and oxygen atoms in total. The number of benzene rings is 2. The molecule has 1 spiro atoms. The molecule has 3 aromatic rings. The van der Waals surface area contributed by atoms with Gasteiger partial charge in [-0.15, -0.1) is 6.58 Å². The van der Waals surface area contributed by atoms with Crippen LogP contribution in [-0.2, 0) is 15.1 Å². The number of fused-ring (bicyclic) bond motifs is 5. The van der Waals surface area contributed by atoms with E-state index in [2.05, 4.69) is 6.58 Å². The average Bonchev–Trinajstić information content (AvgIpc) is 3.51. The van der Waals surface area contributed by atoms with Gasteiger partial charge in [-0.25, -0.2) is 0 Å². The number of carbonyl (C=O) groups is 2. The molecule has 4 heterocycles. The summed E-state index contributed by atoms with van der Waals surface area (Å²) in [4.78, 5) is 45.5. The summed E-state index contributed by atoms with van der Waals surface area (Å²) in [6.45, 7) is 8.72. The fourth-order valence-electron chi connectivity index (χ4n) is 5.80. The zero-order valence-electron chi connectivity index (χ0n) is 19.8. The maximum Gasteiger partial charge on any atom is 0.291 e. The van der Waals surface area contributed by atoms with Crippen molar-refractivity contribution >= 4 is 28.5 Å². The Morgan fingerprint density at radius 1 is 1.14 bits per heavy atom. The van der Waals surface area contributed by atoms with Crippen LogP contribution in [0.1, 0.15) is 45.7 Å². The van der Waals surface area contributed by atoms with E-state index in [-0.39, 0.29) is 41.9 Å². The highest BCUT2D eigenvalue weighted by atomic mass is 16.5. The van der Waals surface area contributed by atoms with Gasteiger partial charge in [0, 0.05) is 25.3 Å². The van der Waals surface area contributed by atoms with E-state index in [0.29, 0.717) is 28.8 Å². The number of rotatable bonds is 4. The predicted octanol–water partition coefficient (Wildman–Crippen LogP) is 3.82. The summed E-state index contributed by atoms with van der Waals surface area (Å²) in [6, 6.07) is 10.9. The summed E-state index contributed by atoms with van der Waals surface area (Å²) in [5.74, 6) is -0.872. The number of aryl methyl sites for hydroxylation is 2. The van der Waals surface area contributed by atoms with Crippen LogP contribution in [0.15, 0.2) is 58.3 Å². The molecular formula is C28H26N2O5. The van der Waals surface area contributed by atoms with Gasteiger partial charge < -0.3 is 19.0 Å². The molecule has 0 aliphatic carbocycles. The van der Waals surface area contributed by atoms with Crippen molar-refractivity contribution in [1.29, 1.82) is 0 Å². The van der Waals surface area contributed by atoms with E-state index >= 15 is 0 Å². The van der Waals surface area contributed by atoms with E-state index < -0.39 is 11.4 Å². The number of amides is 2. The van der Waals surface area contributed by atoms with E-state index in [0.717, 1.165) is 24.0 Å². The van der Waals surface area contributed by atoms with Gasteiger partial charge in [0.1, 0.15) is 5.58 Å². The third-order valence-electron chi connectivity index (χ3n) is 7.57. The number of hydrogen-bond donors (Lipinski definition) is 0. The molecule has 35 heavy (non-hydrogen) atoms. The Hall–Kier alpha value is -3.71. The van der Waals surface area contributed by atoms with Gasteiger partial charge in [0.05, 0.1) is 22.7 Å². The third kappa shape index (κ3) is 2.79. The fraction of sp³-hybridized carbons (Fsp3) is 0.321. The molecule has 0 radical (unpaired) electrons. The first-order valence-corrected chi connectivity index (χ1v) is 11.9. The lowest BCUT2D eigenvalue weighted by molar-refractivity contribution is -0.126. The Bertz CT molecular complexity index is 1480. The van der Waals surface area contributed by atoms with E-state index in [1.54, 1.807) is 23.1 Å². The quantitative estimate of drug-likeness (QED) is 0.542. The fourth-order valence-corrected chi connectivity index (χ4v) is 5.80. The topological polar surface area (TPSA) is 80.1 Å². The van der Waals surface area contributed by atoms with Crippen molar-refractivity contribution in [3.63, 3.8) is 0 Å². The minimum Gasteiger partial charge on any atom is -0.450 e. The number of ether oxygens (including phenoxy) is 1. The van der Waals surface area contributed by atoms with Gasteiger partial charge in [0.2, 0.25) is 5.76 Å². The lowest BCUT2D eigenvalue weighted by Crippen LogP contribution is -2.55. The molecule has 1 fully saturated rings. The Labute approximate surface area is 202 Å². The molecule has 0 saturated carbocycles. The molecule has 0 unspecified atom stereocenters. The van der Waals surface area contributed by atoms with Crippen LogP contribution in [0.5, 0.6) is 0 Å². The molecule has 2 atom stereocenters. The molecule has 1 saturated heterocycles. The third-order valence-corrected chi connectivity index (χ3v) is 7.57. The lowest BCUT2D eigenvalue weighted by atomic mass is 9.83. The summed E-state index contributed by atoms with van der Waals surface area (Å²) < 4.78 is 12.0. The second-order valence-corrected chi connectivity index (χ2v) is 9.55. The average molecular weight is 471 g/mol. The van der Waals surface area contributed by atoms with E-state index in [4.69, 9.17) is 9.15 Å². The number of anilines is 1. The largest absolute Gasteiger partial charge is 0.450 e. The van der Waals surface area contributed by atoms with Gasteiger partial charge >= 0.3 is 0 Å². The lowest BCUT2D eigenvalue weighted by Gasteiger charge is -2.35. The minimum atomic E-state index is -1.61. The monoisotopic (exact) mass is 470 g/mol. The first kappa shape index (κ1) is 21.8. The number of hydrogen-bond acceptors (Lipinski definition) is 5. The molecule has 0 N–H and O–H groups in total.